The highest BCUT2D eigenvalue weighted by atomic mass is 35.5. The number of halogens is 1. The van der Waals surface area contributed by atoms with Crippen LogP contribution in [0.15, 0.2) is 42.5 Å². The zero-order chi connectivity index (χ0) is 13.2. The van der Waals surface area contributed by atoms with Gasteiger partial charge < -0.3 is 10.5 Å². The number of thiazole rings is 1. The molecule has 2 aromatic carbocycles. The third-order valence-electron chi connectivity index (χ3n) is 2.67. The fraction of sp³-hybridized carbons (Fsp3) is 0.0714. The number of ether oxygens (including phenoxy) is 1. The van der Waals surface area contributed by atoms with Crippen LogP contribution < -0.4 is 10.5 Å². The molecule has 1 heterocycles. The number of benzene rings is 2. The lowest BCUT2D eigenvalue weighted by molar-refractivity contribution is 0.306. The lowest BCUT2D eigenvalue weighted by Gasteiger charge is -2.05. The first-order chi connectivity index (χ1) is 9.22. The number of nitrogen functional groups attached to an aromatic ring is 1. The van der Waals surface area contributed by atoms with Gasteiger partial charge in [-0.3, -0.25) is 0 Å². The first kappa shape index (κ1) is 12.3. The maximum atomic E-state index is 5.94. The van der Waals surface area contributed by atoms with E-state index in [0.717, 1.165) is 15.2 Å². The lowest BCUT2D eigenvalue weighted by atomic mass is 10.3. The molecule has 3 rings (SSSR count). The Morgan fingerprint density at radius 3 is 2.84 bits per heavy atom. The fourth-order valence-corrected chi connectivity index (χ4v) is 2.78. The Morgan fingerprint density at radius 1 is 1.21 bits per heavy atom. The fourth-order valence-electron chi connectivity index (χ4n) is 1.72. The number of anilines is 1. The number of fused-ring (bicyclic) bond motifs is 1. The van der Waals surface area contributed by atoms with Crippen LogP contribution in [0.2, 0.25) is 5.02 Å². The minimum Gasteiger partial charge on any atom is -0.486 e. The molecule has 5 heteroatoms. The van der Waals surface area contributed by atoms with Crippen molar-refractivity contribution in [3.05, 3.63) is 52.5 Å². The van der Waals surface area contributed by atoms with Gasteiger partial charge >= 0.3 is 0 Å². The minimum absolute atomic E-state index is 0.430. The van der Waals surface area contributed by atoms with Crippen LogP contribution >= 0.6 is 22.9 Å². The average Bonchev–Trinajstić information content (AvgIpc) is 2.83. The molecule has 0 unspecified atom stereocenters. The van der Waals surface area contributed by atoms with Gasteiger partial charge in [-0.15, -0.1) is 11.3 Å². The topological polar surface area (TPSA) is 48.1 Å². The minimum atomic E-state index is 0.430. The van der Waals surface area contributed by atoms with Gasteiger partial charge in [0.05, 0.1) is 20.9 Å². The molecule has 0 fully saturated rings. The molecule has 0 aliphatic heterocycles. The molecule has 0 radical (unpaired) electrons. The molecule has 1 aromatic heterocycles. The van der Waals surface area contributed by atoms with Crippen molar-refractivity contribution < 1.29 is 4.74 Å². The predicted octanol–water partition coefficient (Wildman–Crippen LogP) is 4.11. The number of rotatable bonds is 3. The summed E-state index contributed by atoms with van der Waals surface area (Å²) in [5.74, 6) is 0.693. The number of hydrogen-bond acceptors (Lipinski definition) is 4. The largest absolute Gasteiger partial charge is 0.486 e. The van der Waals surface area contributed by atoms with Gasteiger partial charge in [0.2, 0.25) is 0 Å². The van der Waals surface area contributed by atoms with E-state index in [-0.39, 0.29) is 0 Å². The van der Waals surface area contributed by atoms with Crippen molar-refractivity contribution in [2.24, 2.45) is 0 Å². The Balaban J connectivity index is 1.76. The molecule has 0 atom stereocenters. The van der Waals surface area contributed by atoms with Crippen LogP contribution in [0.5, 0.6) is 5.75 Å². The van der Waals surface area contributed by atoms with E-state index in [1.807, 2.05) is 18.2 Å². The van der Waals surface area contributed by atoms with E-state index in [9.17, 15) is 0 Å². The Bertz CT molecular complexity index is 693. The normalized spacial score (nSPS) is 10.8. The molecule has 96 valence electrons. The molecule has 0 amide bonds. The molecule has 0 saturated carbocycles. The second-order valence-electron chi connectivity index (χ2n) is 4.05. The van der Waals surface area contributed by atoms with E-state index in [1.165, 1.54) is 0 Å². The zero-order valence-corrected chi connectivity index (χ0v) is 11.5. The van der Waals surface area contributed by atoms with Crippen molar-refractivity contribution in [1.82, 2.24) is 4.98 Å². The number of hydrogen-bond donors (Lipinski definition) is 1. The van der Waals surface area contributed by atoms with Gasteiger partial charge in [0.15, 0.2) is 0 Å². The van der Waals surface area contributed by atoms with Crippen LogP contribution in [0.1, 0.15) is 5.01 Å². The summed E-state index contributed by atoms with van der Waals surface area (Å²) in [6.45, 7) is 0.430. The third-order valence-corrected chi connectivity index (χ3v) is 4.01. The summed E-state index contributed by atoms with van der Waals surface area (Å²) in [6, 6.07) is 13.3. The maximum absolute atomic E-state index is 5.94. The first-order valence-electron chi connectivity index (χ1n) is 5.74. The molecule has 0 aliphatic rings. The van der Waals surface area contributed by atoms with Gasteiger partial charge in [-0.1, -0.05) is 23.7 Å². The van der Waals surface area contributed by atoms with Crippen molar-refractivity contribution in [2.75, 3.05) is 5.73 Å². The Morgan fingerprint density at radius 2 is 2.05 bits per heavy atom. The second kappa shape index (κ2) is 5.07. The quantitative estimate of drug-likeness (QED) is 0.738. The summed E-state index contributed by atoms with van der Waals surface area (Å²) in [7, 11) is 0. The summed E-state index contributed by atoms with van der Waals surface area (Å²) in [6.07, 6.45) is 0. The average molecular weight is 291 g/mol. The summed E-state index contributed by atoms with van der Waals surface area (Å²) >= 11 is 7.57. The highest BCUT2D eigenvalue weighted by Gasteiger charge is 2.05. The molecule has 2 N–H and O–H groups in total. The van der Waals surface area contributed by atoms with E-state index in [2.05, 4.69) is 11.1 Å². The van der Waals surface area contributed by atoms with Crippen molar-refractivity contribution in [3.63, 3.8) is 0 Å². The monoisotopic (exact) mass is 290 g/mol. The first-order valence-corrected chi connectivity index (χ1v) is 6.94. The molecule has 0 saturated heterocycles. The molecule has 0 aliphatic carbocycles. The van der Waals surface area contributed by atoms with E-state index in [1.54, 1.807) is 29.5 Å². The smallest absolute Gasteiger partial charge is 0.140 e. The highest BCUT2D eigenvalue weighted by molar-refractivity contribution is 7.18. The van der Waals surface area contributed by atoms with Gasteiger partial charge in [0, 0.05) is 6.07 Å². The van der Waals surface area contributed by atoms with Crippen LogP contribution in [0.25, 0.3) is 10.2 Å². The van der Waals surface area contributed by atoms with E-state index < -0.39 is 0 Å². The zero-order valence-electron chi connectivity index (χ0n) is 9.97. The number of para-hydroxylation sites is 1. The van der Waals surface area contributed by atoms with Crippen LogP contribution in [0.3, 0.4) is 0 Å². The summed E-state index contributed by atoms with van der Waals surface area (Å²) in [4.78, 5) is 4.50. The maximum Gasteiger partial charge on any atom is 0.140 e. The van der Waals surface area contributed by atoms with Crippen LogP contribution in [-0.2, 0) is 6.61 Å². The van der Waals surface area contributed by atoms with Crippen LogP contribution in [0.4, 0.5) is 5.69 Å². The SMILES string of the molecule is Nc1ccc(OCc2nc3ccccc3s2)cc1Cl. The predicted molar refractivity (Wildman–Crippen MR) is 79.8 cm³/mol. The van der Waals surface area contributed by atoms with Gasteiger partial charge in [-0.2, -0.15) is 0 Å². The molecular weight excluding hydrogens is 280 g/mol. The Hall–Kier alpha value is -1.78. The van der Waals surface area contributed by atoms with Crippen molar-refractivity contribution >= 4 is 38.8 Å². The highest BCUT2D eigenvalue weighted by Crippen LogP contribution is 2.26. The molecular formula is C14H11ClN2OS. The Kier molecular flexibility index (Phi) is 3.27. The summed E-state index contributed by atoms with van der Waals surface area (Å²) < 4.78 is 6.83. The van der Waals surface area contributed by atoms with E-state index in [4.69, 9.17) is 22.1 Å². The lowest BCUT2D eigenvalue weighted by Crippen LogP contribution is -1.95. The third kappa shape index (κ3) is 2.64. The van der Waals surface area contributed by atoms with Crippen LogP contribution in [-0.4, -0.2) is 4.98 Å². The summed E-state index contributed by atoms with van der Waals surface area (Å²) in [5.41, 5.74) is 7.20. The van der Waals surface area contributed by atoms with Gasteiger partial charge in [0.1, 0.15) is 17.4 Å². The molecule has 3 aromatic rings. The number of nitrogens with zero attached hydrogens (tertiary/aromatic N) is 1. The number of aromatic nitrogens is 1. The standard InChI is InChI=1S/C14H11ClN2OS/c15-10-7-9(5-6-11(10)16)18-8-14-17-12-3-1-2-4-13(12)19-14/h1-7H,8,16H2. The van der Waals surface area contributed by atoms with Gasteiger partial charge in [-0.25, -0.2) is 4.98 Å². The molecule has 3 nitrogen and oxygen atoms in total. The second-order valence-corrected chi connectivity index (χ2v) is 5.57. The van der Waals surface area contributed by atoms with E-state index in [0.29, 0.717) is 23.1 Å². The van der Waals surface area contributed by atoms with Crippen molar-refractivity contribution in [1.29, 1.82) is 0 Å². The van der Waals surface area contributed by atoms with Crippen molar-refractivity contribution in [2.45, 2.75) is 6.61 Å². The Labute approximate surface area is 119 Å². The van der Waals surface area contributed by atoms with Gasteiger partial charge in [-0.05, 0) is 24.3 Å². The molecule has 0 spiro atoms. The van der Waals surface area contributed by atoms with Crippen molar-refractivity contribution in [3.8, 4) is 5.75 Å². The molecule has 0 bridgehead atoms. The number of nitrogens with two attached hydrogens (primary N) is 1. The molecule has 19 heavy (non-hydrogen) atoms. The van der Waals surface area contributed by atoms with Gasteiger partial charge in [0.25, 0.3) is 0 Å². The summed E-state index contributed by atoms with van der Waals surface area (Å²) in [5, 5.41) is 1.44. The van der Waals surface area contributed by atoms with Crippen LogP contribution in [0, 0.1) is 0 Å². The van der Waals surface area contributed by atoms with E-state index >= 15 is 0 Å².